The molecule has 2 aromatic rings. The molecule has 2 rings (SSSR count). The maximum atomic E-state index is 12.7. The minimum Gasteiger partial charge on any atom is -0.481 e. The van der Waals surface area contributed by atoms with E-state index in [4.69, 9.17) is 14.6 Å². The molecule has 1 aromatic heterocycles. The van der Waals surface area contributed by atoms with Crippen LogP contribution in [0.4, 0.5) is 0 Å². The molecule has 1 aromatic carbocycles. The van der Waals surface area contributed by atoms with Gasteiger partial charge in [-0.25, -0.2) is 10.0 Å². The maximum Gasteiger partial charge on any atom is 0.305 e. The largest absolute Gasteiger partial charge is 0.481 e. The lowest BCUT2D eigenvalue weighted by Gasteiger charge is -2.29. The monoisotopic (exact) mass is 518 g/mol. The molecule has 1 amide bonds. The third-order valence-electron chi connectivity index (χ3n) is 6.59. The number of amides is 1. The van der Waals surface area contributed by atoms with Gasteiger partial charge in [0.05, 0.1) is 37.4 Å². The molecule has 9 nitrogen and oxygen atoms in total. The molecule has 0 saturated heterocycles. The predicted octanol–water partition coefficient (Wildman–Crippen LogP) is 3.90. The molecule has 0 saturated carbocycles. The van der Waals surface area contributed by atoms with Gasteiger partial charge in [-0.1, -0.05) is 18.2 Å². The Hall–Kier alpha value is -2.46. The van der Waals surface area contributed by atoms with E-state index < -0.39 is 17.2 Å². The third-order valence-corrected chi connectivity index (χ3v) is 6.59. The van der Waals surface area contributed by atoms with E-state index in [0.717, 1.165) is 12.1 Å². The molecule has 9 heteroatoms. The van der Waals surface area contributed by atoms with Gasteiger partial charge in [0.15, 0.2) is 0 Å². The second-order valence-electron chi connectivity index (χ2n) is 11.0. The molecule has 0 radical (unpaired) electrons. The fourth-order valence-electron chi connectivity index (χ4n) is 3.98. The molecule has 0 spiro atoms. The van der Waals surface area contributed by atoms with E-state index in [0.29, 0.717) is 39.0 Å². The van der Waals surface area contributed by atoms with Crippen molar-refractivity contribution in [3.05, 3.63) is 36.0 Å². The zero-order chi connectivity index (χ0) is 27.6. The summed E-state index contributed by atoms with van der Waals surface area (Å²) in [6, 6.07) is 10.5. The minimum absolute atomic E-state index is 0.00944. The first kappa shape index (κ1) is 30.8. The highest BCUT2D eigenvalue weighted by Gasteiger charge is 2.23. The number of benzene rings is 1. The number of para-hydroxylation sites is 1. The number of nitrogens with one attached hydrogen (secondary N) is 1. The Kier molecular flexibility index (Phi) is 11.6. The van der Waals surface area contributed by atoms with Gasteiger partial charge in [0.1, 0.15) is 0 Å². The van der Waals surface area contributed by atoms with Crippen molar-refractivity contribution in [3.8, 4) is 0 Å². The summed E-state index contributed by atoms with van der Waals surface area (Å²) in [6.07, 6.45) is 1.73. The van der Waals surface area contributed by atoms with Crippen LogP contribution in [0.25, 0.3) is 10.9 Å². The number of aliphatic carboxylic acids is 1. The summed E-state index contributed by atoms with van der Waals surface area (Å²) in [5.74, 6) is -0.845. The molecule has 0 aliphatic heterocycles. The van der Waals surface area contributed by atoms with Crippen molar-refractivity contribution < 1.29 is 24.2 Å². The number of carboxylic acids is 1. The summed E-state index contributed by atoms with van der Waals surface area (Å²) in [6.45, 7) is 10.5. The van der Waals surface area contributed by atoms with E-state index in [1.54, 1.807) is 0 Å². The van der Waals surface area contributed by atoms with E-state index in [1.165, 1.54) is 11.1 Å². The summed E-state index contributed by atoms with van der Waals surface area (Å²) in [5.41, 5.74) is 1.46. The van der Waals surface area contributed by atoms with Gasteiger partial charge in [0.25, 0.3) is 0 Å². The van der Waals surface area contributed by atoms with Crippen LogP contribution < -0.4 is 5.32 Å². The number of hydrogen-bond donors (Lipinski definition) is 2. The lowest BCUT2D eigenvalue weighted by Crippen LogP contribution is -2.35. The predicted molar refractivity (Wildman–Crippen MR) is 146 cm³/mol. The molecule has 0 fully saturated rings. The lowest BCUT2D eigenvalue weighted by atomic mass is 10.0. The molecule has 1 heterocycles. The van der Waals surface area contributed by atoms with Crippen LogP contribution in [0, 0.1) is 0 Å². The first-order valence-corrected chi connectivity index (χ1v) is 13.0. The zero-order valence-electron chi connectivity index (χ0n) is 23.7. The van der Waals surface area contributed by atoms with E-state index in [9.17, 15) is 9.59 Å². The standard InChI is InChI=1S/C28H46N4O5/c1-27(2,37-19-15-28(3,4)36-18-13-26(34)35)14-16-29-25(33)12-17-32-23(21-31(7)30(5)6)20-22-10-8-9-11-24(22)32/h8-11,20H,12-19,21H2,1-7H3,(H,29,33)(H,34,35). The topological polar surface area (TPSA) is 96.3 Å². The third kappa shape index (κ3) is 10.8. The number of ether oxygens (including phenoxy) is 2. The van der Waals surface area contributed by atoms with Gasteiger partial charge >= 0.3 is 5.97 Å². The van der Waals surface area contributed by atoms with Crippen LogP contribution in [-0.2, 0) is 32.2 Å². The average molecular weight is 519 g/mol. The Bertz CT molecular complexity index is 1020. The molecule has 0 aliphatic rings. The summed E-state index contributed by atoms with van der Waals surface area (Å²) < 4.78 is 14.0. The number of carbonyl (C=O) groups excluding carboxylic acids is 1. The van der Waals surface area contributed by atoms with Crippen molar-refractivity contribution in [1.29, 1.82) is 0 Å². The van der Waals surface area contributed by atoms with Crippen LogP contribution in [0.3, 0.4) is 0 Å². The Labute approximate surface area is 221 Å². The molecular weight excluding hydrogens is 472 g/mol. The molecule has 37 heavy (non-hydrogen) atoms. The highest BCUT2D eigenvalue weighted by molar-refractivity contribution is 5.82. The van der Waals surface area contributed by atoms with Gasteiger partial charge in [-0.3, -0.25) is 9.59 Å². The van der Waals surface area contributed by atoms with Crippen LogP contribution >= 0.6 is 0 Å². The summed E-state index contributed by atoms with van der Waals surface area (Å²) in [4.78, 5) is 23.3. The van der Waals surface area contributed by atoms with Crippen LogP contribution in [0.2, 0.25) is 0 Å². The fourth-order valence-corrected chi connectivity index (χ4v) is 3.98. The highest BCUT2D eigenvalue weighted by Crippen LogP contribution is 2.22. The van der Waals surface area contributed by atoms with Crippen molar-refractivity contribution in [2.45, 2.75) is 77.7 Å². The van der Waals surface area contributed by atoms with E-state index in [2.05, 4.69) is 33.1 Å². The summed E-state index contributed by atoms with van der Waals surface area (Å²) >= 11 is 0. The number of carbonyl (C=O) groups is 2. The molecule has 2 N–H and O–H groups in total. The molecule has 0 atom stereocenters. The van der Waals surface area contributed by atoms with Gasteiger partial charge in [0.2, 0.25) is 5.91 Å². The van der Waals surface area contributed by atoms with Crippen LogP contribution in [-0.4, -0.2) is 83.7 Å². The van der Waals surface area contributed by atoms with E-state index >= 15 is 0 Å². The number of aryl methyl sites for hydroxylation is 1. The Morgan fingerprint density at radius 3 is 2.30 bits per heavy atom. The van der Waals surface area contributed by atoms with E-state index in [-0.39, 0.29) is 18.9 Å². The minimum atomic E-state index is -0.866. The first-order chi connectivity index (χ1) is 17.3. The van der Waals surface area contributed by atoms with Crippen molar-refractivity contribution >= 4 is 22.8 Å². The molecule has 208 valence electrons. The Morgan fingerprint density at radius 2 is 1.62 bits per heavy atom. The van der Waals surface area contributed by atoms with Crippen molar-refractivity contribution in [1.82, 2.24) is 19.9 Å². The second kappa shape index (κ2) is 13.9. The fraction of sp³-hybridized carbons (Fsp3) is 0.643. The smallest absolute Gasteiger partial charge is 0.305 e. The number of rotatable bonds is 17. The number of nitrogens with zero attached hydrogens (tertiary/aromatic N) is 3. The SMILES string of the molecule is CN(C)N(C)Cc1cc2ccccc2n1CCC(=O)NCCC(C)(C)OCCC(C)(C)OCCC(=O)O. The van der Waals surface area contributed by atoms with Crippen LogP contribution in [0.5, 0.6) is 0 Å². The molecular formula is C28H46N4O5. The molecule has 0 bridgehead atoms. The zero-order valence-corrected chi connectivity index (χ0v) is 23.7. The van der Waals surface area contributed by atoms with Crippen molar-refractivity contribution in [2.24, 2.45) is 0 Å². The number of carboxylic acid groups (broad SMARTS) is 1. The molecule has 0 aliphatic carbocycles. The first-order valence-electron chi connectivity index (χ1n) is 13.0. The second-order valence-corrected chi connectivity index (χ2v) is 11.0. The number of hydrazine groups is 1. The number of hydrogen-bond acceptors (Lipinski definition) is 6. The van der Waals surface area contributed by atoms with Gasteiger partial charge in [0, 0.05) is 51.9 Å². The number of fused-ring (bicyclic) bond motifs is 1. The quantitative estimate of drug-likeness (QED) is 0.307. The van der Waals surface area contributed by atoms with Crippen LogP contribution in [0.15, 0.2) is 30.3 Å². The van der Waals surface area contributed by atoms with Crippen LogP contribution in [0.1, 0.15) is 59.1 Å². The maximum absolute atomic E-state index is 12.7. The van der Waals surface area contributed by atoms with Crippen molar-refractivity contribution in [3.63, 3.8) is 0 Å². The Balaban J connectivity index is 1.79. The molecule has 0 unspecified atom stereocenters. The lowest BCUT2D eigenvalue weighted by molar-refractivity contribution is -0.140. The normalized spacial score (nSPS) is 12.6. The van der Waals surface area contributed by atoms with Crippen molar-refractivity contribution in [2.75, 3.05) is 40.9 Å². The van der Waals surface area contributed by atoms with Gasteiger partial charge in [-0.15, -0.1) is 0 Å². The van der Waals surface area contributed by atoms with E-state index in [1.807, 2.05) is 66.0 Å². The Morgan fingerprint density at radius 1 is 0.973 bits per heavy atom. The van der Waals surface area contributed by atoms with Gasteiger partial charge in [-0.2, -0.15) is 0 Å². The van der Waals surface area contributed by atoms with Gasteiger partial charge in [-0.05, 0) is 58.1 Å². The van der Waals surface area contributed by atoms with Gasteiger partial charge < -0.3 is 24.5 Å². The summed E-state index contributed by atoms with van der Waals surface area (Å²) in [7, 11) is 6.08. The highest BCUT2D eigenvalue weighted by atomic mass is 16.5. The average Bonchev–Trinajstić information content (AvgIpc) is 3.13. The number of aromatic nitrogens is 1. The summed E-state index contributed by atoms with van der Waals surface area (Å²) in [5, 5.41) is 17.2.